The summed E-state index contributed by atoms with van der Waals surface area (Å²) in [6, 6.07) is 11.3. The lowest BCUT2D eigenvalue weighted by Gasteiger charge is -2.14. The molecule has 2 rings (SSSR count). The number of nitrogens with zero attached hydrogens (tertiary/aromatic N) is 2. The molecule has 4 nitrogen and oxygen atoms in total. The largest absolute Gasteiger partial charge is 0.349 e. The second kappa shape index (κ2) is 8.18. The van der Waals surface area contributed by atoms with Gasteiger partial charge in [-0.3, -0.25) is 4.79 Å². The number of nitrogens with one attached hydrogen (secondary N) is 1. The minimum Gasteiger partial charge on any atom is -0.349 e. The minimum atomic E-state index is -0.113. The third-order valence-corrected chi connectivity index (χ3v) is 4.74. The van der Waals surface area contributed by atoms with E-state index in [1.807, 2.05) is 39.0 Å². The summed E-state index contributed by atoms with van der Waals surface area (Å²) in [6.45, 7) is 5.67. The summed E-state index contributed by atoms with van der Waals surface area (Å²) < 4.78 is 0. The summed E-state index contributed by atoms with van der Waals surface area (Å²) in [5.41, 5.74) is 3.23. The zero-order valence-corrected chi connectivity index (χ0v) is 15.3. The summed E-state index contributed by atoms with van der Waals surface area (Å²) in [4.78, 5) is 16.5. The number of benzene rings is 1. The van der Waals surface area contributed by atoms with Crippen LogP contribution in [0.15, 0.2) is 35.4 Å². The summed E-state index contributed by atoms with van der Waals surface area (Å²) in [7, 11) is 0. The Morgan fingerprint density at radius 3 is 2.67 bits per heavy atom. The van der Waals surface area contributed by atoms with Crippen molar-refractivity contribution in [2.75, 3.05) is 5.75 Å². The molecule has 1 N–H and O–H groups in total. The van der Waals surface area contributed by atoms with E-state index in [0.717, 1.165) is 16.8 Å². The van der Waals surface area contributed by atoms with E-state index in [0.29, 0.717) is 15.6 Å². The fraction of sp³-hybridized carbons (Fsp3) is 0.278. The number of hydrogen-bond donors (Lipinski definition) is 1. The predicted octanol–water partition coefficient (Wildman–Crippen LogP) is 4.19. The van der Waals surface area contributed by atoms with Crippen LogP contribution in [0.4, 0.5) is 0 Å². The first-order chi connectivity index (χ1) is 11.4. The van der Waals surface area contributed by atoms with Gasteiger partial charge in [-0.1, -0.05) is 35.5 Å². The maximum absolute atomic E-state index is 12.2. The Morgan fingerprint density at radius 1 is 1.38 bits per heavy atom. The standard InChI is InChI=1S/C18H18ClN3OS/c1-11-8-12(2)21-18(16(11)9-20)24-10-17(23)22-13(3)14-4-6-15(19)7-5-14/h4-8,13H,10H2,1-3H3,(H,22,23). The molecule has 1 atom stereocenters. The average molecular weight is 360 g/mol. The van der Waals surface area contributed by atoms with Gasteiger partial charge in [0, 0.05) is 10.7 Å². The van der Waals surface area contributed by atoms with Gasteiger partial charge in [0.05, 0.1) is 17.4 Å². The molecule has 2 aromatic rings. The van der Waals surface area contributed by atoms with Crippen molar-refractivity contribution in [1.29, 1.82) is 5.26 Å². The number of hydrogen-bond acceptors (Lipinski definition) is 4. The van der Waals surface area contributed by atoms with Crippen molar-refractivity contribution in [2.45, 2.75) is 31.8 Å². The van der Waals surface area contributed by atoms with Gasteiger partial charge >= 0.3 is 0 Å². The van der Waals surface area contributed by atoms with Crippen LogP contribution in [0.3, 0.4) is 0 Å². The smallest absolute Gasteiger partial charge is 0.230 e. The summed E-state index contributed by atoms with van der Waals surface area (Å²) >= 11 is 7.15. The van der Waals surface area contributed by atoms with Crippen molar-refractivity contribution in [3.05, 3.63) is 57.7 Å². The van der Waals surface area contributed by atoms with Gasteiger partial charge in [-0.2, -0.15) is 5.26 Å². The Morgan fingerprint density at radius 2 is 2.04 bits per heavy atom. The van der Waals surface area contributed by atoms with Crippen molar-refractivity contribution < 1.29 is 4.79 Å². The van der Waals surface area contributed by atoms with Crippen LogP contribution in [0, 0.1) is 25.2 Å². The molecule has 1 amide bonds. The molecule has 6 heteroatoms. The second-order valence-electron chi connectivity index (χ2n) is 5.50. The molecule has 1 heterocycles. The van der Waals surface area contributed by atoms with Crippen LogP contribution in [0.2, 0.25) is 5.02 Å². The Hall–Kier alpha value is -2.03. The molecule has 0 bridgehead atoms. The maximum atomic E-state index is 12.2. The van der Waals surface area contributed by atoms with Crippen molar-refractivity contribution in [3.8, 4) is 6.07 Å². The highest BCUT2D eigenvalue weighted by Gasteiger charge is 2.13. The highest BCUT2D eigenvalue weighted by molar-refractivity contribution is 8.00. The first kappa shape index (κ1) is 18.3. The van der Waals surface area contributed by atoms with Gasteiger partial charge < -0.3 is 5.32 Å². The van der Waals surface area contributed by atoms with E-state index in [1.165, 1.54) is 11.8 Å². The molecular weight excluding hydrogens is 342 g/mol. The third kappa shape index (κ3) is 4.73. The van der Waals surface area contributed by atoms with Gasteiger partial charge in [-0.25, -0.2) is 4.98 Å². The van der Waals surface area contributed by atoms with Gasteiger partial charge in [0.15, 0.2) is 0 Å². The topological polar surface area (TPSA) is 65.8 Å². The molecule has 0 saturated carbocycles. The monoisotopic (exact) mass is 359 g/mol. The fourth-order valence-corrected chi connectivity index (χ4v) is 3.33. The molecule has 0 radical (unpaired) electrons. The van der Waals surface area contributed by atoms with Crippen molar-refractivity contribution in [2.24, 2.45) is 0 Å². The molecule has 24 heavy (non-hydrogen) atoms. The van der Waals surface area contributed by atoms with Gasteiger partial charge in [0.1, 0.15) is 11.1 Å². The number of rotatable bonds is 5. The number of halogens is 1. The maximum Gasteiger partial charge on any atom is 0.230 e. The summed E-state index contributed by atoms with van der Waals surface area (Å²) in [6.07, 6.45) is 0. The molecule has 0 fully saturated rings. The molecule has 1 unspecified atom stereocenters. The summed E-state index contributed by atoms with van der Waals surface area (Å²) in [5.74, 6) is 0.106. The lowest BCUT2D eigenvalue weighted by Crippen LogP contribution is -2.28. The molecule has 1 aromatic heterocycles. The number of amides is 1. The zero-order chi connectivity index (χ0) is 17.7. The van der Waals surface area contributed by atoms with Crippen molar-refractivity contribution in [1.82, 2.24) is 10.3 Å². The normalized spacial score (nSPS) is 11.6. The van der Waals surface area contributed by atoms with Crippen LogP contribution < -0.4 is 5.32 Å². The van der Waals surface area contributed by atoms with Crippen LogP contribution in [0.1, 0.15) is 35.3 Å². The van der Waals surface area contributed by atoms with E-state index in [9.17, 15) is 10.1 Å². The van der Waals surface area contributed by atoms with Gasteiger partial charge in [0.25, 0.3) is 0 Å². The van der Waals surface area contributed by atoms with Crippen LogP contribution in [-0.2, 0) is 4.79 Å². The van der Waals surface area contributed by atoms with Crippen LogP contribution >= 0.6 is 23.4 Å². The van der Waals surface area contributed by atoms with E-state index >= 15 is 0 Å². The molecular formula is C18H18ClN3OS. The third-order valence-electron chi connectivity index (χ3n) is 3.51. The molecule has 0 aliphatic heterocycles. The van der Waals surface area contributed by atoms with E-state index < -0.39 is 0 Å². The van der Waals surface area contributed by atoms with Gasteiger partial charge in [-0.05, 0) is 50.1 Å². The lowest BCUT2D eigenvalue weighted by molar-refractivity contribution is -0.119. The lowest BCUT2D eigenvalue weighted by atomic mass is 10.1. The van der Waals surface area contributed by atoms with Crippen molar-refractivity contribution >= 4 is 29.3 Å². The van der Waals surface area contributed by atoms with Crippen LogP contribution in [0.5, 0.6) is 0 Å². The summed E-state index contributed by atoms with van der Waals surface area (Å²) in [5, 5.41) is 13.5. The van der Waals surface area contributed by atoms with Gasteiger partial charge in [-0.15, -0.1) is 0 Å². The highest BCUT2D eigenvalue weighted by Crippen LogP contribution is 2.24. The zero-order valence-electron chi connectivity index (χ0n) is 13.8. The predicted molar refractivity (Wildman–Crippen MR) is 97.2 cm³/mol. The van der Waals surface area contributed by atoms with E-state index in [4.69, 9.17) is 11.6 Å². The number of nitriles is 1. The fourth-order valence-electron chi connectivity index (χ4n) is 2.29. The molecule has 0 spiro atoms. The number of carbonyl (C=O) groups is 1. The van der Waals surface area contributed by atoms with E-state index in [2.05, 4.69) is 16.4 Å². The Balaban J connectivity index is 1.99. The second-order valence-corrected chi connectivity index (χ2v) is 6.90. The Bertz CT molecular complexity index is 784. The average Bonchev–Trinajstić information content (AvgIpc) is 2.53. The number of aromatic nitrogens is 1. The Kier molecular flexibility index (Phi) is 6.24. The highest BCUT2D eigenvalue weighted by atomic mass is 35.5. The van der Waals surface area contributed by atoms with E-state index in [-0.39, 0.29) is 17.7 Å². The number of thioether (sulfide) groups is 1. The van der Waals surface area contributed by atoms with Crippen LogP contribution in [0.25, 0.3) is 0 Å². The number of carbonyl (C=O) groups excluding carboxylic acids is 1. The number of pyridine rings is 1. The van der Waals surface area contributed by atoms with E-state index in [1.54, 1.807) is 12.1 Å². The van der Waals surface area contributed by atoms with Gasteiger partial charge in [0.2, 0.25) is 5.91 Å². The van der Waals surface area contributed by atoms with Crippen LogP contribution in [-0.4, -0.2) is 16.6 Å². The van der Waals surface area contributed by atoms with Crippen molar-refractivity contribution in [3.63, 3.8) is 0 Å². The number of aryl methyl sites for hydroxylation is 2. The molecule has 0 aliphatic carbocycles. The Labute approximate surface area is 151 Å². The quantitative estimate of drug-likeness (QED) is 0.813. The SMILES string of the molecule is Cc1cc(C)c(C#N)c(SCC(=O)NC(C)c2ccc(Cl)cc2)n1. The molecule has 124 valence electrons. The first-order valence-electron chi connectivity index (χ1n) is 7.46. The minimum absolute atomic E-state index is 0.104. The molecule has 0 saturated heterocycles. The first-order valence-corrected chi connectivity index (χ1v) is 8.83. The molecule has 1 aromatic carbocycles. The molecule has 0 aliphatic rings.